The van der Waals surface area contributed by atoms with Crippen molar-refractivity contribution in [2.24, 2.45) is 0 Å². The van der Waals surface area contributed by atoms with E-state index in [0.717, 1.165) is 18.4 Å². The zero-order chi connectivity index (χ0) is 13.9. The summed E-state index contributed by atoms with van der Waals surface area (Å²) in [5.41, 5.74) is 0.747. The minimum absolute atomic E-state index is 0.0506. The van der Waals surface area contributed by atoms with Crippen molar-refractivity contribution < 1.29 is 18.3 Å². The lowest BCUT2D eigenvalue weighted by Crippen LogP contribution is -2.38. The summed E-state index contributed by atoms with van der Waals surface area (Å²) >= 11 is 0. The van der Waals surface area contributed by atoms with E-state index in [2.05, 4.69) is 0 Å². The van der Waals surface area contributed by atoms with Crippen LogP contribution in [0.2, 0.25) is 0 Å². The number of carbonyl (C=O) groups is 1. The maximum absolute atomic E-state index is 12.4. The summed E-state index contributed by atoms with van der Waals surface area (Å²) in [6.07, 6.45) is 3.00. The number of aliphatic carboxylic acids is 1. The number of hydrogen-bond acceptors (Lipinski definition) is 3. The van der Waals surface area contributed by atoms with E-state index < -0.39 is 26.3 Å². The van der Waals surface area contributed by atoms with Gasteiger partial charge in [0.05, 0.1) is 5.25 Å². The van der Waals surface area contributed by atoms with Crippen LogP contribution in [0.1, 0.15) is 31.2 Å². The van der Waals surface area contributed by atoms with Crippen LogP contribution in [-0.4, -0.2) is 30.0 Å². The molecule has 1 fully saturated rings. The molecule has 4 nitrogen and oxygen atoms in total. The van der Waals surface area contributed by atoms with Gasteiger partial charge in [-0.1, -0.05) is 43.2 Å². The van der Waals surface area contributed by atoms with Crippen LogP contribution < -0.4 is 0 Å². The Labute approximate surface area is 113 Å². The second-order valence-electron chi connectivity index (χ2n) is 5.01. The van der Waals surface area contributed by atoms with Gasteiger partial charge in [0.1, 0.15) is 0 Å². The molecule has 1 atom stereocenters. The Morgan fingerprint density at radius 3 is 2.32 bits per heavy atom. The van der Waals surface area contributed by atoms with Gasteiger partial charge in [-0.25, -0.2) is 8.42 Å². The SMILES string of the molecule is O=C(O)C(Cc1ccccc1)S(=O)(=O)C1CCCC1. The monoisotopic (exact) mass is 282 g/mol. The maximum atomic E-state index is 12.4. The predicted molar refractivity (Wildman–Crippen MR) is 72.7 cm³/mol. The van der Waals surface area contributed by atoms with E-state index in [-0.39, 0.29) is 6.42 Å². The minimum atomic E-state index is -3.60. The highest BCUT2D eigenvalue weighted by molar-refractivity contribution is 7.93. The molecular formula is C14H18O4S. The third-order valence-corrected chi connectivity index (χ3v) is 6.26. The molecule has 2 rings (SSSR count). The molecule has 1 aliphatic carbocycles. The van der Waals surface area contributed by atoms with Crippen LogP contribution >= 0.6 is 0 Å². The van der Waals surface area contributed by atoms with Gasteiger partial charge in [0.15, 0.2) is 15.1 Å². The molecule has 1 saturated carbocycles. The average molecular weight is 282 g/mol. The number of carboxylic acids is 1. The van der Waals surface area contributed by atoms with Crippen molar-refractivity contribution >= 4 is 15.8 Å². The van der Waals surface area contributed by atoms with Crippen LogP contribution in [-0.2, 0) is 21.1 Å². The second kappa shape index (κ2) is 5.74. The highest BCUT2D eigenvalue weighted by Gasteiger charge is 2.39. The van der Waals surface area contributed by atoms with E-state index >= 15 is 0 Å². The van der Waals surface area contributed by atoms with Gasteiger partial charge >= 0.3 is 5.97 Å². The first-order valence-electron chi connectivity index (χ1n) is 6.51. The minimum Gasteiger partial charge on any atom is -0.480 e. The molecule has 0 spiro atoms. The zero-order valence-corrected chi connectivity index (χ0v) is 11.5. The van der Waals surface area contributed by atoms with Gasteiger partial charge in [-0.05, 0) is 24.8 Å². The lowest BCUT2D eigenvalue weighted by Gasteiger charge is -2.18. The highest BCUT2D eigenvalue weighted by Crippen LogP contribution is 2.28. The molecule has 0 saturated heterocycles. The molecule has 0 aromatic heterocycles. The molecule has 0 amide bonds. The first kappa shape index (κ1) is 14.1. The standard InChI is InChI=1S/C14H18O4S/c15-14(16)13(10-11-6-2-1-3-7-11)19(17,18)12-8-4-5-9-12/h1-3,6-7,12-13H,4-5,8-10H2,(H,15,16). The van der Waals surface area contributed by atoms with Crippen molar-refractivity contribution in [3.63, 3.8) is 0 Å². The van der Waals surface area contributed by atoms with Crippen LogP contribution in [0.5, 0.6) is 0 Å². The lowest BCUT2D eigenvalue weighted by molar-refractivity contribution is -0.136. The van der Waals surface area contributed by atoms with Gasteiger partial charge in [0, 0.05) is 0 Å². The molecule has 5 heteroatoms. The Balaban J connectivity index is 2.23. The fourth-order valence-corrected chi connectivity index (χ4v) is 4.78. The fraction of sp³-hybridized carbons (Fsp3) is 0.500. The molecule has 19 heavy (non-hydrogen) atoms. The van der Waals surface area contributed by atoms with Gasteiger partial charge in [0.2, 0.25) is 0 Å². The third kappa shape index (κ3) is 3.15. The molecule has 0 aliphatic heterocycles. The molecule has 0 radical (unpaired) electrons. The highest BCUT2D eigenvalue weighted by atomic mass is 32.2. The van der Waals surface area contributed by atoms with Crippen LogP contribution in [0, 0.1) is 0 Å². The van der Waals surface area contributed by atoms with Gasteiger partial charge < -0.3 is 5.11 Å². The van der Waals surface area contributed by atoms with Crippen LogP contribution in [0.4, 0.5) is 0 Å². The van der Waals surface area contributed by atoms with Crippen LogP contribution in [0.15, 0.2) is 30.3 Å². The first-order chi connectivity index (χ1) is 9.01. The molecule has 104 valence electrons. The molecule has 1 aromatic carbocycles. The van der Waals surface area contributed by atoms with Crippen LogP contribution in [0.25, 0.3) is 0 Å². The van der Waals surface area contributed by atoms with E-state index in [9.17, 15) is 18.3 Å². The average Bonchev–Trinajstić information content (AvgIpc) is 2.91. The lowest BCUT2D eigenvalue weighted by atomic mass is 10.1. The molecule has 1 aromatic rings. The normalized spacial score (nSPS) is 18.3. The van der Waals surface area contributed by atoms with Crippen LogP contribution in [0.3, 0.4) is 0 Å². The van der Waals surface area contributed by atoms with Gasteiger partial charge in [-0.3, -0.25) is 4.79 Å². The van der Waals surface area contributed by atoms with Crippen molar-refractivity contribution in [1.29, 1.82) is 0 Å². The molecule has 1 N–H and O–H groups in total. The van der Waals surface area contributed by atoms with E-state index in [1.165, 1.54) is 0 Å². The smallest absolute Gasteiger partial charge is 0.322 e. The second-order valence-corrected chi connectivity index (χ2v) is 7.43. The molecule has 0 heterocycles. The van der Waals surface area contributed by atoms with Gasteiger partial charge in [-0.15, -0.1) is 0 Å². The Hall–Kier alpha value is -1.36. The summed E-state index contributed by atoms with van der Waals surface area (Å²) in [5.74, 6) is -1.24. The molecular weight excluding hydrogens is 264 g/mol. The summed E-state index contributed by atoms with van der Waals surface area (Å²) in [4.78, 5) is 11.3. The first-order valence-corrected chi connectivity index (χ1v) is 8.12. The number of sulfone groups is 1. The number of benzene rings is 1. The fourth-order valence-electron chi connectivity index (χ4n) is 2.62. The number of rotatable bonds is 5. The predicted octanol–water partition coefficient (Wildman–Crippen LogP) is 2.04. The van der Waals surface area contributed by atoms with E-state index in [0.29, 0.717) is 12.8 Å². The summed E-state index contributed by atoms with van der Waals surface area (Å²) < 4.78 is 24.8. The van der Waals surface area contributed by atoms with Crippen molar-refractivity contribution in [2.45, 2.75) is 42.6 Å². The van der Waals surface area contributed by atoms with Gasteiger partial charge in [0.25, 0.3) is 0 Å². The van der Waals surface area contributed by atoms with Gasteiger partial charge in [-0.2, -0.15) is 0 Å². The van der Waals surface area contributed by atoms with E-state index in [4.69, 9.17) is 0 Å². The van der Waals surface area contributed by atoms with Crippen molar-refractivity contribution in [3.05, 3.63) is 35.9 Å². The molecule has 0 bridgehead atoms. The topological polar surface area (TPSA) is 71.4 Å². The Bertz CT molecular complexity index is 530. The van der Waals surface area contributed by atoms with E-state index in [1.54, 1.807) is 24.3 Å². The summed E-state index contributed by atoms with van der Waals surface area (Å²) in [6.45, 7) is 0. The largest absolute Gasteiger partial charge is 0.480 e. The summed E-state index contributed by atoms with van der Waals surface area (Å²) in [6, 6.07) is 8.93. The van der Waals surface area contributed by atoms with Crippen molar-refractivity contribution in [3.8, 4) is 0 Å². The third-order valence-electron chi connectivity index (χ3n) is 3.70. The number of carboxylic acid groups (broad SMARTS) is 1. The quantitative estimate of drug-likeness (QED) is 0.897. The summed E-state index contributed by atoms with van der Waals surface area (Å²) in [7, 11) is -3.60. The van der Waals surface area contributed by atoms with Crippen molar-refractivity contribution in [2.75, 3.05) is 0 Å². The molecule has 1 unspecified atom stereocenters. The van der Waals surface area contributed by atoms with Crippen molar-refractivity contribution in [1.82, 2.24) is 0 Å². The maximum Gasteiger partial charge on any atom is 0.322 e. The molecule has 1 aliphatic rings. The zero-order valence-electron chi connectivity index (χ0n) is 10.7. The number of hydrogen-bond donors (Lipinski definition) is 1. The Morgan fingerprint density at radius 2 is 1.79 bits per heavy atom. The Kier molecular flexibility index (Phi) is 4.24. The Morgan fingerprint density at radius 1 is 1.21 bits per heavy atom. The van der Waals surface area contributed by atoms with E-state index in [1.807, 2.05) is 6.07 Å². The summed E-state index contributed by atoms with van der Waals surface area (Å²) in [5, 5.41) is 7.46.